The first kappa shape index (κ1) is 20.3. The molecule has 2 aliphatic heterocycles. The van der Waals surface area contributed by atoms with Gasteiger partial charge >= 0.3 is 6.09 Å². The lowest BCUT2D eigenvalue weighted by molar-refractivity contribution is -0.182. The van der Waals surface area contributed by atoms with Gasteiger partial charge in [-0.15, -0.1) is 0 Å². The van der Waals surface area contributed by atoms with Crippen LogP contribution in [0.25, 0.3) is 0 Å². The Morgan fingerprint density at radius 1 is 1.00 bits per heavy atom. The number of amides is 1. The van der Waals surface area contributed by atoms with E-state index in [1.54, 1.807) is 4.90 Å². The average molecular weight is 414 g/mol. The smallest absolute Gasteiger partial charge is 0.410 e. The second-order valence-electron chi connectivity index (χ2n) is 10.5. The predicted molar refractivity (Wildman–Crippen MR) is 114 cm³/mol. The zero-order valence-corrected chi connectivity index (χ0v) is 18.4. The van der Waals surface area contributed by atoms with E-state index in [4.69, 9.17) is 14.2 Å². The molecule has 4 fully saturated rings. The number of fused-ring (bicyclic) bond motifs is 2. The van der Waals surface area contributed by atoms with Crippen LogP contribution in [0.1, 0.15) is 64.4 Å². The summed E-state index contributed by atoms with van der Waals surface area (Å²) in [5, 5.41) is 0. The van der Waals surface area contributed by atoms with Crippen LogP contribution in [0.4, 0.5) is 4.79 Å². The van der Waals surface area contributed by atoms with Crippen molar-refractivity contribution in [3.05, 3.63) is 29.8 Å². The fraction of sp³-hybridized carbons (Fsp3) is 0.720. The molecule has 5 heteroatoms. The normalized spacial score (nSPS) is 35.4. The van der Waals surface area contributed by atoms with Crippen LogP contribution in [-0.4, -0.2) is 43.1 Å². The van der Waals surface area contributed by atoms with E-state index in [1.807, 2.05) is 12.1 Å². The van der Waals surface area contributed by atoms with Crippen molar-refractivity contribution in [2.24, 2.45) is 17.8 Å². The summed E-state index contributed by atoms with van der Waals surface area (Å²) in [4.78, 5) is 14.4. The van der Waals surface area contributed by atoms with Gasteiger partial charge in [0.25, 0.3) is 0 Å². The minimum absolute atomic E-state index is 0.249. The van der Waals surface area contributed by atoms with Crippen LogP contribution in [-0.2, 0) is 14.9 Å². The Bertz CT molecular complexity index is 742. The third kappa shape index (κ3) is 3.99. The summed E-state index contributed by atoms with van der Waals surface area (Å²) >= 11 is 0. The first-order valence-corrected chi connectivity index (χ1v) is 11.8. The van der Waals surface area contributed by atoms with Crippen LogP contribution in [0.3, 0.4) is 0 Å². The van der Waals surface area contributed by atoms with Crippen LogP contribution in [0.15, 0.2) is 24.3 Å². The number of nitrogens with zero attached hydrogens (tertiary/aromatic N) is 1. The first-order chi connectivity index (χ1) is 14.4. The lowest BCUT2D eigenvalue weighted by Gasteiger charge is -2.47. The van der Waals surface area contributed by atoms with Crippen molar-refractivity contribution < 1.29 is 19.0 Å². The molecule has 1 amide bonds. The summed E-state index contributed by atoms with van der Waals surface area (Å²) in [5.41, 5.74) is 1.64. The van der Waals surface area contributed by atoms with E-state index >= 15 is 0 Å². The van der Waals surface area contributed by atoms with Gasteiger partial charge in [-0.25, -0.2) is 4.79 Å². The van der Waals surface area contributed by atoms with Gasteiger partial charge in [-0.2, -0.15) is 0 Å². The molecule has 2 unspecified atom stereocenters. The zero-order valence-electron chi connectivity index (χ0n) is 18.4. The number of hydrogen-bond donors (Lipinski definition) is 0. The van der Waals surface area contributed by atoms with Gasteiger partial charge in [0.1, 0.15) is 5.75 Å². The number of likely N-dealkylation sites (tertiary alicyclic amines) is 1. The lowest BCUT2D eigenvalue weighted by atomic mass is 9.58. The molecule has 4 aliphatic rings. The van der Waals surface area contributed by atoms with Gasteiger partial charge in [0.2, 0.25) is 0 Å². The molecule has 30 heavy (non-hydrogen) atoms. The maximum Gasteiger partial charge on any atom is 0.415 e. The number of benzene rings is 1. The molecule has 2 aliphatic carbocycles. The highest BCUT2D eigenvalue weighted by atomic mass is 16.7. The van der Waals surface area contributed by atoms with Crippen molar-refractivity contribution in [3.63, 3.8) is 0 Å². The summed E-state index contributed by atoms with van der Waals surface area (Å²) in [6.45, 7) is 7.36. The van der Waals surface area contributed by atoms with Gasteiger partial charge in [-0.1, -0.05) is 26.0 Å². The van der Waals surface area contributed by atoms with Gasteiger partial charge in [-0.05, 0) is 73.0 Å². The Morgan fingerprint density at radius 2 is 1.60 bits per heavy atom. The Hall–Kier alpha value is -1.59. The Balaban J connectivity index is 1.19. The Morgan fingerprint density at radius 3 is 2.20 bits per heavy atom. The number of rotatable bonds is 2. The summed E-state index contributed by atoms with van der Waals surface area (Å²) in [7, 11) is 0. The molecule has 2 saturated carbocycles. The predicted octanol–water partition coefficient (Wildman–Crippen LogP) is 5.13. The van der Waals surface area contributed by atoms with E-state index in [9.17, 15) is 4.79 Å². The van der Waals surface area contributed by atoms with Gasteiger partial charge in [-0.3, -0.25) is 0 Å². The third-order valence-electron chi connectivity index (χ3n) is 7.97. The van der Waals surface area contributed by atoms with Gasteiger partial charge in [0, 0.05) is 25.9 Å². The number of piperidine rings is 1. The zero-order chi connectivity index (χ0) is 20.8. The Kier molecular flexibility index (Phi) is 5.30. The largest absolute Gasteiger partial charge is 0.415 e. The molecule has 1 spiro atoms. The van der Waals surface area contributed by atoms with Crippen LogP contribution in [0, 0.1) is 17.8 Å². The van der Waals surface area contributed by atoms with Crippen molar-refractivity contribution in [1.82, 2.24) is 4.90 Å². The fourth-order valence-corrected chi connectivity index (χ4v) is 6.73. The van der Waals surface area contributed by atoms with Crippen molar-refractivity contribution in [2.45, 2.75) is 70.0 Å². The fourth-order valence-electron chi connectivity index (χ4n) is 6.73. The third-order valence-corrected chi connectivity index (χ3v) is 7.97. The van der Waals surface area contributed by atoms with E-state index in [1.165, 1.54) is 37.7 Å². The molecule has 0 N–H and O–H groups in total. The molecule has 5 rings (SSSR count). The van der Waals surface area contributed by atoms with E-state index in [-0.39, 0.29) is 11.5 Å². The summed E-state index contributed by atoms with van der Waals surface area (Å²) in [6.07, 6.45) is 7.90. The highest BCUT2D eigenvalue weighted by molar-refractivity contribution is 5.70. The average Bonchev–Trinajstić information content (AvgIpc) is 3.16. The van der Waals surface area contributed by atoms with E-state index in [2.05, 4.69) is 26.0 Å². The number of hydrogen-bond acceptors (Lipinski definition) is 4. The number of carbonyl (C=O) groups excluding carboxylic acids is 1. The summed E-state index contributed by atoms with van der Waals surface area (Å²) in [6, 6.07) is 8.30. The van der Waals surface area contributed by atoms with Crippen molar-refractivity contribution in [1.29, 1.82) is 0 Å². The number of ether oxygens (including phenoxy) is 3. The van der Waals surface area contributed by atoms with Gasteiger partial charge < -0.3 is 19.1 Å². The van der Waals surface area contributed by atoms with E-state index in [0.717, 1.165) is 17.8 Å². The standard InChI is InChI=1S/C25H35NO4/c1-18-13-19-15-20(14-18)17-24(2,16-19)21-3-5-22(6-4-21)30-23(27)26-9-7-25(8-10-26)28-11-12-29-25/h3-6,18-20H,7-17H2,1-2H3. The molecule has 2 saturated heterocycles. The van der Waals surface area contributed by atoms with Crippen LogP contribution < -0.4 is 4.74 Å². The van der Waals surface area contributed by atoms with Crippen LogP contribution in [0.5, 0.6) is 5.75 Å². The quantitative estimate of drug-likeness (QED) is 0.674. The topological polar surface area (TPSA) is 48.0 Å². The van der Waals surface area contributed by atoms with Gasteiger partial charge in [0.15, 0.2) is 5.79 Å². The minimum Gasteiger partial charge on any atom is -0.410 e. The lowest BCUT2D eigenvalue weighted by Crippen LogP contribution is -2.48. The molecule has 164 valence electrons. The highest BCUT2D eigenvalue weighted by Gasteiger charge is 2.42. The molecular weight excluding hydrogens is 378 g/mol. The monoisotopic (exact) mass is 413 g/mol. The van der Waals surface area contributed by atoms with Crippen LogP contribution in [0.2, 0.25) is 0 Å². The molecule has 5 nitrogen and oxygen atoms in total. The molecule has 2 bridgehead atoms. The van der Waals surface area contributed by atoms with E-state index < -0.39 is 5.79 Å². The summed E-state index contributed by atoms with van der Waals surface area (Å²) in [5.74, 6) is 2.78. The van der Waals surface area contributed by atoms with Crippen molar-refractivity contribution >= 4 is 6.09 Å². The van der Waals surface area contributed by atoms with Crippen molar-refractivity contribution in [2.75, 3.05) is 26.3 Å². The Labute approximate surface area is 180 Å². The molecule has 2 atom stereocenters. The maximum absolute atomic E-state index is 12.6. The summed E-state index contributed by atoms with van der Waals surface area (Å²) < 4.78 is 17.2. The first-order valence-electron chi connectivity index (χ1n) is 11.8. The second-order valence-corrected chi connectivity index (χ2v) is 10.5. The second kappa shape index (κ2) is 7.83. The molecular formula is C25H35NO4. The maximum atomic E-state index is 12.6. The molecule has 0 aromatic heterocycles. The van der Waals surface area contributed by atoms with E-state index in [0.29, 0.717) is 44.9 Å². The van der Waals surface area contributed by atoms with Gasteiger partial charge in [0.05, 0.1) is 13.2 Å². The number of carbonyl (C=O) groups is 1. The SMILES string of the molecule is CC1CC2CC(C1)CC(C)(c1ccc(OC(=O)N3CCC4(CC3)OCCO4)cc1)C2. The molecule has 1 aromatic rings. The highest BCUT2D eigenvalue weighted by Crippen LogP contribution is 2.51. The van der Waals surface area contributed by atoms with Crippen LogP contribution >= 0.6 is 0 Å². The minimum atomic E-state index is -0.468. The molecule has 0 radical (unpaired) electrons. The van der Waals surface area contributed by atoms with Crippen molar-refractivity contribution in [3.8, 4) is 5.75 Å². The molecule has 1 aromatic carbocycles. The molecule has 2 heterocycles.